The fourth-order valence-corrected chi connectivity index (χ4v) is 3.07. The van der Waals surface area contributed by atoms with E-state index >= 15 is 0 Å². The molecule has 1 heteroatoms. The summed E-state index contributed by atoms with van der Waals surface area (Å²) in [5.74, 6) is 0. The van der Waals surface area contributed by atoms with Gasteiger partial charge in [-0.25, -0.2) is 0 Å². The second-order valence-electron chi connectivity index (χ2n) is 4.66. The lowest BCUT2D eigenvalue weighted by Gasteiger charge is -2.37. The Balaban J connectivity index is 2.08. The zero-order valence-corrected chi connectivity index (χ0v) is 8.31. The maximum atomic E-state index is 2.66. The van der Waals surface area contributed by atoms with Crippen molar-refractivity contribution in [3.8, 4) is 0 Å². The van der Waals surface area contributed by atoms with Crippen molar-refractivity contribution in [3.63, 3.8) is 0 Å². The molecule has 0 bridgehead atoms. The second-order valence-corrected chi connectivity index (χ2v) is 4.66. The van der Waals surface area contributed by atoms with Crippen molar-refractivity contribution < 1.29 is 0 Å². The van der Waals surface area contributed by atoms with Crippen LogP contribution in [0.4, 0.5) is 0 Å². The van der Waals surface area contributed by atoms with E-state index in [0.717, 1.165) is 0 Å². The van der Waals surface area contributed by atoms with Gasteiger partial charge in [0.1, 0.15) is 0 Å². The minimum absolute atomic E-state index is 0.649. The largest absolute Gasteiger partial charge is 0.301 e. The summed E-state index contributed by atoms with van der Waals surface area (Å²) in [4.78, 5) is 2.66. The van der Waals surface area contributed by atoms with Crippen LogP contribution in [0.1, 0.15) is 51.4 Å². The van der Waals surface area contributed by atoms with Crippen LogP contribution in [0.15, 0.2) is 0 Å². The molecule has 1 spiro atoms. The van der Waals surface area contributed by atoms with Gasteiger partial charge in [-0.05, 0) is 39.3 Å². The molecule has 2 rings (SSSR count). The van der Waals surface area contributed by atoms with E-state index < -0.39 is 0 Å². The third kappa shape index (κ3) is 1.39. The molecule has 2 fully saturated rings. The summed E-state index contributed by atoms with van der Waals surface area (Å²) in [5.41, 5.74) is 0.649. The Morgan fingerprint density at radius 2 is 1.42 bits per heavy atom. The minimum atomic E-state index is 0.649. The average Bonchev–Trinajstić information content (AvgIpc) is 2.45. The molecule has 0 radical (unpaired) electrons. The first kappa shape index (κ1) is 8.55. The minimum Gasteiger partial charge on any atom is -0.301 e. The molecule has 1 aliphatic carbocycles. The lowest BCUT2D eigenvalue weighted by molar-refractivity contribution is 0.126. The molecule has 12 heavy (non-hydrogen) atoms. The third-order valence-corrected chi connectivity index (χ3v) is 3.98. The van der Waals surface area contributed by atoms with E-state index in [1.165, 1.54) is 57.9 Å². The first-order valence-corrected chi connectivity index (χ1v) is 5.55. The zero-order chi connectivity index (χ0) is 8.44. The number of hydrogen-bond donors (Lipinski definition) is 0. The SMILES string of the molecule is CN1CCCCCC12CCCC2. The van der Waals surface area contributed by atoms with Gasteiger partial charge < -0.3 is 4.90 Å². The molecule has 0 aromatic heterocycles. The van der Waals surface area contributed by atoms with Crippen LogP contribution in [0.2, 0.25) is 0 Å². The average molecular weight is 167 g/mol. The number of likely N-dealkylation sites (tertiary alicyclic amines) is 1. The van der Waals surface area contributed by atoms with Crippen LogP contribution in [0.5, 0.6) is 0 Å². The van der Waals surface area contributed by atoms with Gasteiger partial charge in [-0.2, -0.15) is 0 Å². The molecule has 0 aromatic carbocycles. The highest BCUT2D eigenvalue weighted by molar-refractivity contribution is 4.94. The van der Waals surface area contributed by atoms with Crippen LogP contribution in [0.25, 0.3) is 0 Å². The van der Waals surface area contributed by atoms with Gasteiger partial charge in [0, 0.05) is 5.54 Å². The Bertz CT molecular complexity index is 147. The fourth-order valence-electron chi connectivity index (χ4n) is 3.07. The molecule has 0 aromatic rings. The molecule has 1 saturated heterocycles. The lowest BCUT2D eigenvalue weighted by Crippen LogP contribution is -2.43. The fraction of sp³-hybridized carbons (Fsp3) is 1.00. The van der Waals surface area contributed by atoms with E-state index in [4.69, 9.17) is 0 Å². The van der Waals surface area contributed by atoms with E-state index in [1.807, 2.05) is 0 Å². The Morgan fingerprint density at radius 1 is 0.833 bits per heavy atom. The molecular weight excluding hydrogens is 146 g/mol. The topological polar surface area (TPSA) is 3.24 Å². The van der Waals surface area contributed by atoms with E-state index in [9.17, 15) is 0 Å². The molecule has 0 amide bonds. The summed E-state index contributed by atoms with van der Waals surface area (Å²) >= 11 is 0. The molecule has 2 aliphatic rings. The van der Waals surface area contributed by atoms with Crippen LogP contribution in [0, 0.1) is 0 Å². The summed E-state index contributed by atoms with van der Waals surface area (Å²) in [5, 5.41) is 0. The van der Waals surface area contributed by atoms with Crippen LogP contribution < -0.4 is 0 Å². The van der Waals surface area contributed by atoms with Gasteiger partial charge in [-0.15, -0.1) is 0 Å². The van der Waals surface area contributed by atoms with Crippen molar-refractivity contribution in [2.75, 3.05) is 13.6 Å². The molecule has 70 valence electrons. The third-order valence-electron chi connectivity index (χ3n) is 3.98. The highest BCUT2D eigenvalue weighted by atomic mass is 15.2. The van der Waals surface area contributed by atoms with Gasteiger partial charge in [0.25, 0.3) is 0 Å². The molecule has 1 aliphatic heterocycles. The highest BCUT2D eigenvalue weighted by Crippen LogP contribution is 2.40. The molecule has 1 nitrogen and oxygen atoms in total. The summed E-state index contributed by atoms with van der Waals surface area (Å²) in [6, 6.07) is 0. The summed E-state index contributed by atoms with van der Waals surface area (Å²) in [6.07, 6.45) is 11.7. The summed E-state index contributed by atoms with van der Waals surface area (Å²) < 4.78 is 0. The van der Waals surface area contributed by atoms with Crippen LogP contribution in [0.3, 0.4) is 0 Å². The van der Waals surface area contributed by atoms with Crippen LogP contribution in [-0.2, 0) is 0 Å². The maximum absolute atomic E-state index is 2.66. The van der Waals surface area contributed by atoms with Gasteiger partial charge in [0.15, 0.2) is 0 Å². The maximum Gasteiger partial charge on any atom is 0.0206 e. The van der Waals surface area contributed by atoms with Gasteiger partial charge in [-0.1, -0.05) is 25.7 Å². The normalized spacial score (nSPS) is 30.8. The molecule has 0 unspecified atom stereocenters. The first-order valence-electron chi connectivity index (χ1n) is 5.55. The van der Waals surface area contributed by atoms with E-state index in [1.54, 1.807) is 0 Å². The van der Waals surface area contributed by atoms with Crippen molar-refractivity contribution in [2.24, 2.45) is 0 Å². The Labute approximate surface area is 76.1 Å². The lowest BCUT2D eigenvalue weighted by atomic mass is 9.90. The van der Waals surface area contributed by atoms with Gasteiger partial charge in [-0.3, -0.25) is 0 Å². The van der Waals surface area contributed by atoms with Crippen molar-refractivity contribution in [1.29, 1.82) is 0 Å². The second kappa shape index (κ2) is 3.37. The van der Waals surface area contributed by atoms with E-state index in [2.05, 4.69) is 11.9 Å². The van der Waals surface area contributed by atoms with E-state index in [-0.39, 0.29) is 0 Å². The van der Waals surface area contributed by atoms with Crippen molar-refractivity contribution in [3.05, 3.63) is 0 Å². The molecule has 0 N–H and O–H groups in total. The Morgan fingerprint density at radius 3 is 2.08 bits per heavy atom. The van der Waals surface area contributed by atoms with Gasteiger partial charge in [0.2, 0.25) is 0 Å². The highest BCUT2D eigenvalue weighted by Gasteiger charge is 2.37. The monoisotopic (exact) mass is 167 g/mol. The Hall–Kier alpha value is -0.0400. The number of rotatable bonds is 0. The smallest absolute Gasteiger partial charge is 0.0206 e. The molecule has 1 heterocycles. The van der Waals surface area contributed by atoms with Crippen molar-refractivity contribution in [1.82, 2.24) is 4.90 Å². The van der Waals surface area contributed by atoms with Gasteiger partial charge >= 0.3 is 0 Å². The predicted molar refractivity (Wildman–Crippen MR) is 52.3 cm³/mol. The molecule has 1 saturated carbocycles. The van der Waals surface area contributed by atoms with Crippen molar-refractivity contribution >= 4 is 0 Å². The standard InChI is InChI=1S/C11H21N/c1-12-10-6-2-3-7-11(12)8-4-5-9-11/h2-10H2,1H3. The summed E-state index contributed by atoms with van der Waals surface area (Å²) in [7, 11) is 2.34. The molecule has 0 atom stereocenters. The van der Waals surface area contributed by atoms with E-state index in [0.29, 0.717) is 5.54 Å². The first-order chi connectivity index (χ1) is 5.83. The van der Waals surface area contributed by atoms with Crippen LogP contribution >= 0.6 is 0 Å². The van der Waals surface area contributed by atoms with Gasteiger partial charge in [0.05, 0.1) is 0 Å². The Kier molecular flexibility index (Phi) is 2.40. The quantitative estimate of drug-likeness (QED) is 0.536. The summed E-state index contributed by atoms with van der Waals surface area (Å²) in [6.45, 7) is 1.35. The zero-order valence-electron chi connectivity index (χ0n) is 8.31. The van der Waals surface area contributed by atoms with Crippen molar-refractivity contribution in [2.45, 2.75) is 56.9 Å². The predicted octanol–water partition coefficient (Wildman–Crippen LogP) is 2.81. The molecular formula is C11H21N. The number of nitrogens with zero attached hydrogens (tertiary/aromatic N) is 1. The van der Waals surface area contributed by atoms with Crippen LogP contribution in [-0.4, -0.2) is 24.0 Å². The number of hydrogen-bond acceptors (Lipinski definition) is 1.